The fourth-order valence-corrected chi connectivity index (χ4v) is 3.17. The molecular weight excluding hydrogens is 349 g/mol. The highest BCUT2D eigenvalue weighted by Gasteiger charge is 2.33. The highest BCUT2D eigenvalue weighted by Crippen LogP contribution is 2.19. The summed E-state index contributed by atoms with van der Waals surface area (Å²) in [5.41, 5.74) is 0.639. The molecule has 2 aromatic heterocycles. The van der Waals surface area contributed by atoms with Gasteiger partial charge in [0.2, 0.25) is 0 Å². The van der Waals surface area contributed by atoms with Crippen LogP contribution < -0.4 is 10.9 Å². The van der Waals surface area contributed by atoms with Gasteiger partial charge in [0.15, 0.2) is 0 Å². The molecule has 0 spiro atoms. The number of alkyl halides is 3. The minimum absolute atomic E-state index is 0.104. The van der Waals surface area contributed by atoms with E-state index in [9.17, 15) is 22.8 Å². The first-order valence-electron chi connectivity index (χ1n) is 8.31. The number of nitrogens with one attached hydrogen (secondary N) is 1. The Bertz CT molecular complexity index is 878. The number of nitrogens with zero attached hydrogens (tertiary/aromatic N) is 3. The molecule has 1 N–H and O–H groups in total. The summed E-state index contributed by atoms with van der Waals surface area (Å²) in [5.74, 6) is -0.614. The number of halogens is 3. The Kier molecular flexibility index (Phi) is 4.99. The molecule has 0 saturated carbocycles. The molecule has 1 amide bonds. The van der Waals surface area contributed by atoms with Crippen LogP contribution in [0.1, 0.15) is 28.8 Å². The van der Waals surface area contributed by atoms with Gasteiger partial charge in [-0.1, -0.05) is 6.07 Å². The first kappa shape index (κ1) is 18.4. The maximum absolute atomic E-state index is 12.5. The van der Waals surface area contributed by atoms with E-state index in [1.807, 2.05) is 6.92 Å². The van der Waals surface area contributed by atoms with E-state index in [0.717, 1.165) is 5.56 Å². The molecule has 1 fully saturated rings. The molecule has 140 valence electrons. The second-order valence-electron chi connectivity index (χ2n) is 6.57. The lowest BCUT2D eigenvalue weighted by atomic mass is 10.1. The van der Waals surface area contributed by atoms with Crippen molar-refractivity contribution < 1.29 is 18.0 Å². The number of aryl methyl sites for hydroxylation is 1. The Morgan fingerprint density at radius 1 is 1.38 bits per heavy atom. The molecule has 0 aromatic carbocycles. The second kappa shape index (κ2) is 7.06. The number of carbonyl (C=O) groups is 1. The molecule has 1 unspecified atom stereocenters. The highest BCUT2D eigenvalue weighted by molar-refractivity contribution is 5.93. The molecule has 3 rings (SSSR count). The number of hydrogen-bond donors (Lipinski definition) is 1. The van der Waals surface area contributed by atoms with Gasteiger partial charge in [0.25, 0.3) is 11.5 Å². The molecule has 1 atom stereocenters. The summed E-state index contributed by atoms with van der Waals surface area (Å²) in [4.78, 5) is 30.3. The van der Waals surface area contributed by atoms with Gasteiger partial charge in [-0.05, 0) is 37.9 Å². The summed E-state index contributed by atoms with van der Waals surface area (Å²) in [5, 5.41) is 2.67. The molecule has 1 saturated heterocycles. The summed E-state index contributed by atoms with van der Waals surface area (Å²) in [6.45, 7) is 1.26. The lowest BCUT2D eigenvalue weighted by Gasteiger charge is -2.33. The molecule has 1 aliphatic heterocycles. The predicted octanol–water partition coefficient (Wildman–Crippen LogP) is 1.76. The number of fused-ring (bicyclic) bond motifs is 1. The van der Waals surface area contributed by atoms with E-state index in [1.165, 1.54) is 15.5 Å². The van der Waals surface area contributed by atoms with Crippen molar-refractivity contribution in [1.82, 2.24) is 19.6 Å². The van der Waals surface area contributed by atoms with Crippen LogP contribution in [0.2, 0.25) is 0 Å². The van der Waals surface area contributed by atoms with Crippen molar-refractivity contribution in [3.63, 3.8) is 0 Å². The van der Waals surface area contributed by atoms with E-state index < -0.39 is 30.2 Å². The zero-order chi connectivity index (χ0) is 18.9. The van der Waals surface area contributed by atoms with Gasteiger partial charge in [-0.15, -0.1) is 0 Å². The maximum Gasteiger partial charge on any atom is 0.401 e. The molecule has 3 heterocycles. The minimum Gasteiger partial charge on any atom is -0.348 e. The Balaban J connectivity index is 1.75. The van der Waals surface area contributed by atoms with Crippen molar-refractivity contribution in [2.45, 2.75) is 32.0 Å². The third-order valence-corrected chi connectivity index (χ3v) is 4.34. The maximum atomic E-state index is 12.5. The Morgan fingerprint density at radius 3 is 2.88 bits per heavy atom. The third kappa shape index (κ3) is 4.21. The van der Waals surface area contributed by atoms with E-state index in [2.05, 4.69) is 10.3 Å². The van der Waals surface area contributed by atoms with E-state index in [-0.39, 0.29) is 12.1 Å². The number of hydrogen-bond acceptors (Lipinski definition) is 4. The van der Waals surface area contributed by atoms with Gasteiger partial charge in [-0.25, -0.2) is 4.98 Å². The molecule has 0 aliphatic carbocycles. The molecule has 0 radical (unpaired) electrons. The molecule has 26 heavy (non-hydrogen) atoms. The van der Waals surface area contributed by atoms with Crippen LogP contribution in [0.15, 0.2) is 29.3 Å². The average molecular weight is 368 g/mol. The Hall–Kier alpha value is -2.42. The lowest BCUT2D eigenvalue weighted by molar-refractivity contribution is -0.148. The number of rotatable bonds is 3. The summed E-state index contributed by atoms with van der Waals surface area (Å²) >= 11 is 0. The molecule has 1 aliphatic rings. The van der Waals surface area contributed by atoms with E-state index in [4.69, 9.17) is 0 Å². The number of piperidine rings is 1. The summed E-state index contributed by atoms with van der Waals surface area (Å²) in [6, 6.07) is 3.05. The summed E-state index contributed by atoms with van der Waals surface area (Å²) < 4.78 is 38.9. The molecule has 0 bridgehead atoms. The standard InChI is InChI=1S/C17H19F3N4O2/c1-11-4-5-14-21-7-13(16(26)24(14)8-11)15(25)22-12-3-2-6-23(9-12)10-17(18,19)20/h4-5,7-8,12H,2-3,6,9-10H2,1H3,(H,22,25). The molecule has 9 heteroatoms. The quantitative estimate of drug-likeness (QED) is 0.897. The fourth-order valence-electron chi connectivity index (χ4n) is 3.17. The van der Waals surface area contributed by atoms with Crippen LogP contribution in [0.3, 0.4) is 0 Å². The lowest BCUT2D eigenvalue weighted by Crippen LogP contribution is -2.50. The van der Waals surface area contributed by atoms with Gasteiger partial charge >= 0.3 is 6.18 Å². The topological polar surface area (TPSA) is 66.7 Å². The average Bonchev–Trinajstić information content (AvgIpc) is 2.54. The zero-order valence-corrected chi connectivity index (χ0v) is 14.2. The van der Waals surface area contributed by atoms with Crippen molar-refractivity contribution in [3.05, 3.63) is 46.0 Å². The van der Waals surface area contributed by atoms with E-state index in [1.54, 1.807) is 18.3 Å². The van der Waals surface area contributed by atoms with Gasteiger partial charge in [0.1, 0.15) is 11.2 Å². The van der Waals surface area contributed by atoms with Gasteiger partial charge in [-0.2, -0.15) is 13.2 Å². The van der Waals surface area contributed by atoms with Crippen molar-refractivity contribution in [2.24, 2.45) is 0 Å². The van der Waals surface area contributed by atoms with Crippen LogP contribution in [0, 0.1) is 6.92 Å². The Labute approximate surface area is 147 Å². The van der Waals surface area contributed by atoms with Crippen molar-refractivity contribution in [2.75, 3.05) is 19.6 Å². The van der Waals surface area contributed by atoms with Crippen LogP contribution in [-0.4, -0.2) is 52.0 Å². The monoisotopic (exact) mass is 368 g/mol. The number of aromatic nitrogens is 2. The normalized spacial score (nSPS) is 18.8. The van der Waals surface area contributed by atoms with Crippen LogP contribution in [-0.2, 0) is 0 Å². The van der Waals surface area contributed by atoms with Crippen LogP contribution in [0.5, 0.6) is 0 Å². The van der Waals surface area contributed by atoms with Crippen molar-refractivity contribution in [1.29, 1.82) is 0 Å². The summed E-state index contributed by atoms with van der Waals surface area (Å²) in [6.07, 6.45) is -0.354. The fraction of sp³-hybridized carbons (Fsp3) is 0.471. The van der Waals surface area contributed by atoms with Gasteiger partial charge in [-0.3, -0.25) is 18.9 Å². The predicted molar refractivity (Wildman–Crippen MR) is 89.2 cm³/mol. The van der Waals surface area contributed by atoms with Crippen LogP contribution >= 0.6 is 0 Å². The number of carbonyl (C=O) groups excluding carboxylic acids is 1. The highest BCUT2D eigenvalue weighted by atomic mass is 19.4. The van der Waals surface area contributed by atoms with Gasteiger partial charge in [0.05, 0.1) is 6.54 Å². The first-order valence-corrected chi connectivity index (χ1v) is 8.31. The summed E-state index contributed by atoms with van der Waals surface area (Å²) in [7, 11) is 0. The van der Waals surface area contributed by atoms with Crippen molar-refractivity contribution in [3.8, 4) is 0 Å². The zero-order valence-electron chi connectivity index (χ0n) is 14.2. The van der Waals surface area contributed by atoms with Crippen LogP contribution in [0.4, 0.5) is 13.2 Å². The molecule has 2 aromatic rings. The molecular formula is C17H19F3N4O2. The first-order chi connectivity index (χ1) is 12.2. The largest absolute Gasteiger partial charge is 0.401 e. The van der Waals surface area contributed by atoms with E-state index >= 15 is 0 Å². The smallest absolute Gasteiger partial charge is 0.348 e. The SMILES string of the molecule is Cc1ccc2ncc(C(=O)NC3CCCN(CC(F)(F)F)C3)c(=O)n2c1. The number of amides is 1. The third-order valence-electron chi connectivity index (χ3n) is 4.34. The number of pyridine rings is 1. The minimum atomic E-state index is -4.27. The number of likely N-dealkylation sites (tertiary alicyclic amines) is 1. The van der Waals surface area contributed by atoms with Gasteiger partial charge < -0.3 is 5.32 Å². The van der Waals surface area contributed by atoms with Crippen molar-refractivity contribution >= 4 is 11.6 Å². The molecule has 6 nitrogen and oxygen atoms in total. The Morgan fingerprint density at radius 2 is 2.15 bits per heavy atom. The van der Waals surface area contributed by atoms with Gasteiger partial charge in [0, 0.05) is 25.0 Å². The second-order valence-corrected chi connectivity index (χ2v) is 6.57. The van der Waals surface area contributed by atoms with Crippen LogP contribution in [0.25, 0.3) is 5.65 Å². The van der Waals surface area contributed by atoms with E-state index in [0.29, 0.717) is 25.0 Å².